The predicted octanol–water partition coefficient (Wildman–Crippen LogP) is 1.65. The average Bonchev–Trinajstić information content (AvgIpc) is 3.14. The fraction of sp³-hybridized carbons (Fsp3) is 0.462. The van der Waals surface area contributed by atoms with Gasteiger partial charge < -0.3 is 5.32 Å². The van der Waals surface area contributed by atoms with Crippen LogP contribution < -0.4 is 5.32 Å². The van der Waals surface area contributed by atoms with E-state index in [0.717, 1.165) is 5.69 Å². The highest BCUT2D eigenvalue weighted by Gasteiger charge is 2.17. The first-order valence-corrected chi connectivity index (χ1v) is 6.64. The van der Waals surface area contributed by atoms with Crippen molar-refractivity contribution < 1.29 is 4.79 Å². The molecule has 0 aliphatic heterocycles. The Hall–Kier alpha value is -2.11. The molecule has 0 aromatic carbocycles. The summed E-state index contributed by atoms with van der Waals surface area (Å²) in [5.74, 6) is -0.159. The molecule has 0 atom stereocenters. The van der Waals surface area contributed by atoms with Crippen LogP contribution in [0.5, 0.6) is 0 Å². The van der Waals surface area contributed by atoms with Gasteiger partial charge in [0.05, 0.1) is 18.3 Å². The molecule has 1 fully saturated rings. The Morgan fingerprint density at radius 2 is 2.26 bits per heavy atom. The molecule has 1 aliphatic rings. The van der Waals surface area contributed by atoms with Gasteiger partial charge in [0.2, 0.25) is 0 Å². The van der Waals surface area contributed by atoms with E-state index in [-0.39, 0.29) is 5.91 Å². The lowest BCUT2D eigenvalue weighted by molar-refractivity contribution is 0.0945. The van der Waals surface area contributed by atoms with Crippen LogP contribution in [0, 0.1) is 0 Å². The van der Waals surface area contributed by atoms with Gasteiger partial charge in [-0.1, -0.05) is 12.8 Å². The summed E-state index contributed by atoms with van der Waals surface area (Å²) in [6.45, 7) is 0.442. The summed E-state index contributed by atoms with van der Waals surface area (Å²) < 4.78 is 2.03. The SMILES string of the molecule is O=C(NCc1ccn(C2CCCC2)n1)c1ccn[nH]1. The van der Waals surface area contributed by atoms with E-state index in [1.54, 1.807) is 12.3 Å². The standard InChI is InChI=1S/C13H17N5O/c19-13(12-5-7-15-16-12)14-9-10-6-8-18(17-10)11-3-1-2-4-11/h5-8,11H,1-4,9H2,(H,14,19)(H,15,16). The third-order valence-electron chi connectivity index (χ3n) is 3.54. The van der Waals surface area contributed by atoms with Gasteiger partial charge in [-0.15, -0.1) is 0 Å². The Morgan fingerprint density at radius 3 is 3.00 bits per heavy atom. The zero-order valence-electron chi connectivity index (χ0n) is 10.7. The molecule has 1 amide bonds. The Balaban J connectivity index is 1.57. The van der Waals surface area contributed by atoms with Crippen LogP contribution >= 0.6 is 0 Å². The van der Waals surface area contributed by atoms with Crippen molar-refractivity contribution in [2.75, 3.05) is 0 Å². The van der Waals surface area contributed by atoms with Gasteiger partial charge in [0, 0.05) is 12.4 Å². The Labute approximate surface area is 111 Å². The lowest BCUT2D eigenvalue weighted by Gasteiger charge is -2.08. The number of carbonyl (C=O) groups is 1. The van der Waals surface area contributed by atoms with Crippen LogP contribution in [0.4, 0.5) is 0 Å². The van der Waals surface area contributed by atoms with Gasteiger partial charge in [0.25, 0.3) is 5.91 Å². The van der Waals surface area contributed by atoms with Crippen LogP contribution in [-0.4, -0.2) is 25.9 Å². The van der Waals surface area contributed by atoms with Gasteiger partial charge in [-0.25, -0.2) is 0 Å². The van der Waals surface area contributed by atoms with Gasteiger partial charge in [0.15, 0.2) is 0 Å². The first-order chi connectivity index (χ1) is 9.33. The number of hydrogen-bond acceptors (Lipinski definition) is 3. The molecule has 6 heteroatoms. The third kappa shape index (κ3) is 2.67. The monoisotopic (exact) mass is 259 g/mol. The van der Waals surface area contributed by atoms with Crippen LogP contribution in [0.1, 0.15) is 47.9 Å². The number of amides is 1. The molecule has 0 spiro atoms. The van der Waals surface area contributed by atoms with Crippen molar-refractivity contribution in [1.82, 2.24) is 25.3 Å². The summed E-state index contributed by atoms with van der Waals surface area (Å²) >= 11 is 0. The van der Waals surface area contributed by atoms with Crippen molar-refractivity contribution in [3.63, 3.8) is 0 Å². The average molecular weight is 259 g/mol. The van der Waals surface area contributed by atoms with Crippen molar-refractivity contribution in [3.8, 4) is 0 Å². The zero-order chi connectivity index (χ0) is 13.1. The molecule has 3 rings (SSSR count). The summed E-state index contributed by atoms with van der Waals surface area (Å²) in [4.78, 5) is 11.7. The molecular formula is C13H17N5O. The number of rotatable bonds is 4. The summed E-state index contributed by atoms with van der Waals surface area (Å²) in [6.07, 6.45) is 8.56. The number of hydrogen-bond donors (Lipinski definition) is 2. The van der Waals surface area contributed by atoms with Crippen molar-refractivity contribution in [2.24, 2.45) is 0 Å². The second kappa shape index (κ2) is 5.26. The molecule has 0 bridgehead atoms. The maximum absolute atomic E-state index is 11.7. The minimum Gasteiger partial charge on any atom is -0.345 e. The van der Waals surface area contributed by atoms with Gasteiger partial charge in [-0.2, -0.15) is 10.2 Å². The molecule has 2 heterocycles. The summed E-state index contributed by atoms with van der Waals surface area (Å²) in [7, 11) is 0. The quantitative estimate of drug-likeness (QED) is 0.876. The fourth-order valence-electron chi connectivity index (χ4n) is 2.49. The lowest BCUT2D eigenvalue weighted by Crippen LogP contribution is -2.23. The number of H-pyrrole nitrogens is 1. The Bertz CT molecular complexity index is 539. The largest absolute Gasteiger partial charge is 0.345 e. The molecule has 2 aromatic rings. The molecule has 0 saturated heterocycles. The predicted molar refractivity (Wildman–Crippen MR) is 69.5 cm³/mol. The van der Waals surface area contributed by atoms with E-state index < -0.39 is 0 Å². The summed E-state index contributed by atoms with van der Waals surface area (Å²) in [5.41, 5.74) is 1.36. The van der Waals surface area contributed by atoms with Crippen LogP contribution in [0.2, 0.25) is 0 Å². The molecule has 2 N–H and O–H groups in total. The van der Waals surface area contributed by atoms with Crippen molar-refractivity contribution in [1.29, 1.82) is 0 Å². The number of nitrogens with zero attached hydrogens (tertiary/aromatic N) is 3. The minimum absolute atomic E-state index is 0.159. The van der Waals surface area contributed by atoms with Gasteiger partial charge in [-0.3, -0.25) is 14.6 Å². The van der Waals surface area contributed by atoms with E-state index >= 15 is 0 Å². The van der Waals surface area contributed by atoms with Crippen molar-refractivity contribution >= 4 is 5.91 Å². The molecule has 0 radical (unpaired) electrons. The summed E-state index contributed by atoms with van der Waals surface area (Å²) in [6, 6.07) is 4.15. The van der Waals surface area contributed by atoms with Crippen LogP contribution in [-0.2, 0) is 6.54 Å². The highest BCUT2D eigenvalue weighted by atomic mass is 16.1. The summed E-state index contributed by atoms with van der Waals surface area (Å²) in [5, 5.41) is 13.7. The number of aromatic nitrogens is 4. The van der Waals surface area contributed by atoms with Crippen molar-refractivity contribution in [2.45, 2.75) is 38.3 Å². The molecule has 0 unspecified atom stereocenters. The molecule has 1 saturated carbocycles. The molecule has 19 heavy (non-hydrogen) atoms. The molecule has 1 aliphatic carbocycles. The van der Waals surface area contributed by atoms with E-state index in [1.807, 2.05) is 16.9 Å². The van der Waals surface area contributed by atoms with E-state index in [4.69, 9.17) is 0 Å². The highest BCUT2D eigenvalue weighted by molar-refractivity contribution is 5.91. The zero-order valence-corrected chi connectivity index (χ0v) is 10.7. The maximum atomic E-state index is 11.7. The molecule has 2 aromatic heterocycles. The van der Waals surface area contributed by atoms with E-state index in [0.29, 0.717) is 18.3 Å². The second-order valence-electron chi connectivity index (χ2n) is 4.88. The molecular weight excluding hydrogens is 242 g/mol. The fourth-order valence-corrected chi connectivity index (χ4v) is 2.49. The van der Waals surface area contributed by atoms with Gasteiger partial charge in [0.1, 0.15) is 5.69 Å². The van der Waals surface area contributed by atoms with Crippen molar-refractivity contribution in [3.05, 3.63) is 35.9 Å². The number of carbonyl (C=O) groups excluding carboxylic acids is 1. The Morgan fingerprint density at radius 1 is 1.42 bits per heavy atom. The number of nitrogens with one attached hydrogen (secondary N) is 2. The highest BCUT2D eigenvalue weighted by Crippen LogP contribution is 2.28. The van der Waals surface area contributed by atoms with E-state index in [1.165, 1.54) is 25.7 Å². The number of aromatic amines is 1. The second-order valence-corrected chi connectivity index (χ2v) is 4.88. The van der Waals surface area contributed by atoms with Crippen LogP contribution in [0.3, 0.4) is 0 Å². The first-order valence-electron chi connectivity index (χ1n) is 6.64. The minimum atomic E-state index is -0.159. The van der Waals surface area contributed by atoms with Gasteiger partial charge in [-0.05, 0) is 25.0 Å². The van der Waals surface area contributed by atoms with E-state index in [9.17, 15) is 4.79 Å². The molecule has 100 valence electrons. The Kier molecular flexibility index (Phi) is 3.31. The maximum Gasteiger partial charge on any atom is 0.269 e. The topological polar surface area (TPSA) is 75.6 Å². The van der Waals surface area contributed by atoms with Crippen LogP contribution in [0.15, 0.2) is 24.5 Å². The van der Waals surface area contributed by atoms with Crippen LogP contribution in [0.25, 0.3) is 0 Å². The molecule has 6 nitrogen and oxygen atoms in total. The van der Waals surface area contributed by atoms with Gasteiger partial charge >= 0.3 is 0 Å². The smallest absolute Gasteiger partial charge is 0.269 e. The third-order valence-corrected chi connectivity index (χ3v) is 3.54. The first kappa shape index (κ1) is 12.0. The normalized spacial score (nSPS) is 15.8. The van der Waals surface area contributed by atoms with E-state index in [2.05, 4.69) is 20.6 Å². The lowest BCUT2D eigenvalue weighted by atomic mass is 10.3.